The van der Waals surface area contributed by atoms with Crippen LogP contribution < -0.4 is 10.6 Å². The fourth-order valence-corrected chi connectivity index (χ4v) is 3.15. The standard InChI is InChI=1S/C15H12Cl2N2O4S/c16-8-5-9(17)7-10(6-8)18-14(23)11-3-4-24-15(11)19-12(20)1-2-13(21)22/h3-7H,1-2H2,(H,18,23)(H,19,20)(H,21,22). The Kier molecular flexibility index (Phi) is 6.19. The summed E-state index contributed by atoms with van der Waals surface area (Å²) in [6.07, 6.45) is -0.446. The maximum atomic E-state index is 12.3. The van der Waals surface area contributed by atoms with Crippen molar-refractivity contribution in [3.8, 4) is 0 Å². The lowest BCUT2D eigenvalue weighted by atomic mass is 10.2. The zero-order valence-electron chi connectivity index (χ0n) is 12.1. The highest BCUT2D eigenvalue weighted by Crippen LogP contribution is 2.26. The summed E-state index contributed by atoms with van der Waals surface area (Å²) in [6, 6.07) is 6.18. The third-order valence-electron chi connectivity index (χ3n) is 2.85. The van der Waals surface area contributed by atoms with Gasteiger partial charge in [-0.05, 0) is 29.6 Å². The van der Waals surface area contributed by atoms with Gasteiger partial charge in [0.25, 0.3) is 5.91 Å². The van der Waals surface area contributed by atoms with Crippen molar-refractivity contribution in [3.05, 3.63) is 45.3 Å². The number of carbonyl (C=O) groups excluding carboxylic acids is 2. The third-order valence-corrected chi connectivity index (χ3v) is 4.12. The first kappa shape index (κ1) is 18.3. The normalized spacial score (nSPS) is 10.2. The summed E-state index contributed by atoms with van der Waals surface area (Å²) < 4.78 is 0. The van der Waals surface area contributed by atoms with E-state index in [0.717, 1.165) is 11.3 Å². The van der Waals surface area contributed by atoms with E-state index in [0.29, 0.717) is 20.7 Å². The molecule has 0 spiro atoms. The molecule has 2 amide bonds. The number of anilines is 2. The van der Waals surface area contributed by atoms with E-state index in [1.165, 1.54) is 6.07 Å². The SMILES string of the molecule is O=C(O)CCC(=O)Nc1sccc1C(=O)Nc1cc(Cl)cc(Cl)c1. The second-order valence-electron chi connectivity index (χ2n) is 4.72. The number of carboxylic acids is 1. The first-order chi connectivity index (χ1) is 11.3. The van der Waals surface area contributed by atoms with E-state index >= 15 is 0 Å². The van der Waals surface area contributed by atoms with Crippen molar-refractivity contribution in [2.45, 2.75) is 12.8 Å². The van der Waals surface area contributed by atoms with Gasteiger partial charge in [-0.1, -0.05) is 23.2 Å². The van der Waals surface area contributed by atoms with Crippen molar-refractivity contribution in [2.24, 2.45) is 0 Å². The molecule has 0 atom stereocenters. The minimum absolute atomic E-state index is 0.168. The number of hydrogen-bond acceptors (Lipinski definition) is 4. The number of halogens is 2. The number of aliphatic carboxylic acids is 1. The van der Waals surface area contributed by atoms with E-state index in [2.05, 4.69) is 10.6 Å². The minimum Gasteiger partial charge on any atom is -0.481 e. The molecule has 2 rings (SSSR count). The molecule has 0 radical (unpaired) electrons. The molecule has 126 valence electrons. The number of nitrogens with one attached hydrogen (secondary N) is 2. The van der Waals surface area contributed by atoms with Crippen LogP contribution in [0.5, 0.6) is 0 Å². The van der Waals surface area contributed by atoms with Crippen molar-refractivity contribution < 1.29 is 19.5 Å². The lowest BCUT2D eigenvalue weighted by Crippen LogP contribution is -2.17. The van der Waals surface area contributed by atoms with E-state index in [1.807, 2.05) is 0 Å². The summed E-state index contributed by atoms with van der Waals surface area (Å²) in [5, 5.41) is 16.5. The van der Waals surface area contributed by atoms with Crippen LogP contribution in [0.15, 0.2) is 29.6 Å². The summed E-state index contributed by atoms with van der Waals surface area (Å²) in [5.74, 6) is -1.98. The molecule has 2 aromatic rings. The van der Waals surface area contributed by atoms with Crippen LogP contribution in [0.25, 0.3) is 0 Å². The number of rotatable bonds is 6. The minimum atomic E-state index is -1.06. The van der Waals surface area contributed by atoms with Gasteiger partial charge in [0, 0.05) is 22.2 Å². The molecule has 9 heteroatoms. The van der Waals surface area contributed by atoms with Gasteiger partial charge in [0.2, 0.25) is 5.91 Å². The summed E-state index contributed by atoms with van der Waals surface area (Å²) >= 11 is 12.9. The Morgan fingerprint density at radius 2 is 1.71 bits per heavy atom. The molecule has 0 unspecified atom stereocenters. The molecule has 0 aliphatic rings. The molecule has 1 aromatic carbocycles. The topological polar surface area (TPSA) is 95.5 Å². The Bertz CT molecular complexity index is 771. The quantitative estimate of drug-likeness (QED) is 0.695. The van der Waals surface area contributed by atoms with Gasteiger partial charge in [-0.2, -0.15) is 0 Å². The molecule has 0 aliphatic heterocycles. The molecule has 0 saturated carbocycles. The van der Waals surface area contributed by atoms with Crippen molar-refractivity contribution in [1.29, 1.82) is 0 Å². The Morgan fingerprint density at radius 3 is 2.33 bits per heavy atom. The summed E-state index contributed by atoms with van der Waals surface area (Å²) in [5.41, 5.74) is 0.687. The largest absolute Gasteiger partial charge is 0.481 e. The molecular formula is C15H12Cl2N2O4S. The Hall–Kier alpha value is -2.09. The molecule has 0 saturated heterocycles. The van der Waals surface area contributed by atoms with E-state index in [-0.39, 0.29) is 18.4 Å². The number of hydrogen-bond donors (Lipinski definition) is 3. The third kappa shape index (κ3) is 5.23. The van der Waals surface area contributed by atoms with Crippen LogP contribution in [0.2, 0.25) is 10.0 Å². The molecule has 0 aliphatic carbocycles. The Labute approximate surface area is 151 Å². The van der Waals surface area contributed by atoms with Crippen molar-refractivity contribution in [1.82, 2.24) is 0 Å². The van der Waals surface area contributed by atoms with Crippen LogP contribution in [0.1, 0.15) is 23.2 Å². The van der Waals surface area contributed by atoms with Gasteiger partial charge in [-0.25, -0.2) is 0 Å². The van der Waals surface area contributed by atoms with Crippen LogP contribution >= 0.6 is 34.5 Å². The lowest BCUT2D eigenvalue weighted by molar-refractivity contribution is -0.138. The molecule has 0 bridgehead atoms. The predicted octanol–water partition coefficient (Wildman–Crippen LogP) is 4.11. The van der Waals surface area contributed by atoms with Gasteiger partial charge >= 0.3 is 5.97 Å². The monoisotopic (exact) mass is 386 g/mol. The molecule has 0 fully saturated rings. The number of thiophene rings is 1. The van der Waals surface area contributed by atoms with Crippen LogP contribution in [-0.4, -0.2) is 22.9 Å². The average Bonchev–Trinajstić information content (AvgIpc) is 2.92. The molecule has 6 nitrogen and oxygen atoms in total. The van der Waals surface area contributed by atoms with Gasteiger partial charge < -0.3 is 15.7 Å². The lowest BCUT2D eigenvalue weighted by Gasteiger charge is -2.08. The molecule has 24 heavy (non-hydrogen) atoms. The van der Waals surface area contributed by atoms with Crippen LogP contribution in [0.3, 0.4) is 0 Å². The summed E-state index contributed by atoms with van der Waals surface area (Å²) in [7, 11) is 0. The van der Waals surface area contributed by atoms with E-state index < -0.39 is 17.8 Å². The number of benzene rings is 1. The molecular weight excluding hydrogens is 375 g/mol. The highest BCUT2D eigenvalue weighted by Gasteiger charge is 2.16. The Balaban J connectivity index is 2.07. The van der Waals surface area contributed by atoms with Crippen molar-refractivity contribution in [2.75, 3.05) is 10.6 Å². The first-order valence-corrected chi connectivity index (χ1v) is 8.35. The first-order valence-electron chi connectivity index (χ1n) is 6.71. The predicted molar refractivity (Wildman–Crippen MR) is 94.2 cm³/mol. The average molecular weight is 387 g/mol. The highest BCUT2D eigenvalue weighted by atomic mass is 35.5. The highest BCUT2D eigenvalue weighted by molar-refractivity contribution is 7.14. The van der Waals surface area contributed by atoms with Crippen LogP contribution in [0, 0.1) is 0 Å². The summed E-state index contributed by atoms with van der Waals surface area (Å²) in [6.45, 7) is 0. The van der Waals surface area contributed by atoms with Gasteiger partial charge in [0.15, 0.2) is 0 Å². The molecule has 1 heterocycles. The fourth-order valence-electron chi connectivity index (χ4n) is 1.82. The maximum absolute atomic E-state index is 12.3. The Morgan fingerprint density at radius 1 is 1.04 bits per heavy atom. The van der Waals surface area contributed by atoms with E-state index in [9.17, 15) is 14.4 Å². The van der Waals surface area contributed by atoms with Gasteiger partial charge in [0.05, 0.1) is 12.0 Å². The van der Waals surface area contributed by atoms with Crippen LogP contribution in [-0.2, 0) is 9.59 Å². The number of amides is 2. The van der Waals surface area contributed by atoms with E-state index in [1.54, 1.807) is 23.6 Å². The van der Waals surface area contributed by atoms with E-state index in [4.69, 9.17) is 28.3 Å². The fraction of sp³-hybridized carbons (Fsp3) is 0.133. The molecule has 3 N–H and O–H groups in total. The second kappa shape index (κ2) is 8.14. The molecule has 1 aromatic heterocycles. The van der Waals surface area contributed by atoms with Crippen molar-refractivity contribution >= 4 is 63.0 Å². The zero-order chi connectivity index (χ0) is 17.7. The van der Waals surface area contributed by atoms with Crippen molar-refractivity contribution in [3.63, 3.8) is 0 Å². The van der Waals surface area contributed by atoms with Gasteiger partial charge in [0.1, 0.15) is 5.00 Å². The van der Waals surface area contributed by atoms with Gasteiger partial charge in [-0.15, -0.1) is 11.3 Å². The van der Waals surface area contributed by atoms with Gasteiger partial charge in [-0.3, -0.25) is 14.4 Å². The smallest absolute Gasteiger partial charge is 0.303 e. The second-order valence-corrected chi connectivity index (χ2v) is 6.51. The maximum Gasteiger partial charge on any atom is 0.303 e. The number of carbonyl (C=O) groups is 3. The van der Waals surface area contributed by atoms with Crippen LogP contribution in [0.4, 0.5) is 10.7 Å². The zero-order valence-corrected chi connectivity index (χ0v) is 14.5. The number of carboxylic acid groups (broad SMARTS) is 1. The summed E-state index contributed by atoms with van der Waals surface area (Å²) in [4.78, 5) is 34.5.